The molecule has 2 fully saturated rings. The van der Waals surface area contributed by atoms with Gasteiger partial charge in [0.15, 0.2) is 0 Å². The van der Waals surface area contributed by atoms with Crippen LogP contribution in [-0.4, -0.2) is 27.9 Å². The summed E-state index contributed by atoms with van der Waals surface area (Å²) in [5.41, 5.74) is 0.0278. The maximum Gasteiger partial charge on any atom is 0.270 e. The van der Waals surface area contributed by atoms with Gasteiger partial charge in [0, 0.05) is 21.7 Å². The number of fused-ring (bicyclic) bond motifs is 2. The number of rotatable bonds is 4. The van der Waals surface area contributed by atoms with Crippen LogP contribution in [0.25, 0.3) is 0 Å². The topological polar surface area (TPSA) is 71.1 Å². The van der Waals surface area contributed by atoms with Crippen LogP contribution < -0.4 is 10.6 Å². The van der Waals surface area contributed by atoms with E-state index in [0.717, 1.165) is 38.3 Å². The predicted molar refractivity (Wildman–Crippen MR) is 104 cm³/mol. The minimum Gasteiger partial charge on any atom is -0.347 e. The van der Waals surface area contributed by atoms with E-state index in [-0.39, 0.29) is 28.6 Å². The fourth-order valence-corrected chi connectivity index (χ4v) is 4.78. The van der Waals surface area contributed by atoms with Crippen LogP contribution in [0.2, 0.25) is 5.02 Å². The Morgan fingerprint density at radius 2 is 1.71 bits per heavy atom. The third-order valence-corrected chi connectivity index (χ3v) is 6.11. The van der Waals surface area contributed by atoms with E-state index in [4.69, 9.17) is 11.6 Å². The average Bonchev–Trinajstić information content (AvgIpc) is 2.92. The average molecular weight is 402 g/mol. The first-order chi connectivity index (χ1) is 13.4. The van der Waals surface area contributed by atoms with Gasteiger partial charge in [0.25, 0.3) is 11.8 Å². The van der Waals surface area contributed by atoms with Crippen LogP contribution in [0.5, 0.6) is 0 Å². The molecule has 2 N–H and O–H groups in total. The molecule has 2 aliphatic carbocycles. The number of hydrogen-bond acceptors (Lipinski definition) is 3. The SMILES string of the molecule is O=C(NC12CCCC(NC(=O)c3ccc(F)cn3)(CC1)C2)c1cccc(Cl)c1. The summed E-state index contributed by atoms with van der Waals surface area (Å²) < 4.78 is 13.1. The Labute approximate surface area is 167 Å². The third kappa shape index (κ3) is 3.74. The first-order valence-electron chi connectivity index (χ1n) is 9.41. The molecule has 2 atom stereocenters. The summed E-state index contributed by atoms with van der Waals surface area (Å²) in [4.78, 5) is 29.2. The molecule has 1 aromatic carbocycles. The lowest BCUT2D eigenvalue weighted by Gasteiger charge is -2.40. The van der Waals surface area contributed by atoms with Crippen molar-refractivity contribution in [2.24, 2.45) is 0 Å². The van der Waals surface area contributed by atoms with Crippen LogP contribution >= 0.6 is 11.6 Å². The van der Waals surface area contributed by atoms with Crippen LogP contribution in [0.3, 0.4) is 0 Å². The van der Waals surface area contributed by atoms with Crippen molar-refractivity contribution in [3.8, 4) is 0 Å². The molecule has 2 saturated carbocycles. The molecular weight excluding hydrogens is 381 g/mol. The predicted octanol–water partition coefficient (Wildman–Crippen LogP) is 3.88. The number of nitrogens with zero attached hydrogens (tertiary/aromatic N) is 1. The second kappa shape index (κ2) is 7.17. The standard InChI is InChI=1S/C21H21ClFN3O2/c22-15-4-1-3-14(11-15)18(27)25-20-7-2-8-21(13-20,10-9-20)26-19(28)17-6-5-16(23)12-24-17/h1,3-6,11-12H,2,7-10,13H2,(H,25,27)(H,26,28). The molecule has 5 nitrogen and oxygen atoms in total. The molecule has 4 rings (SSSR count). The Morgan fingerprint density at radius 1 is 1.00 bits per heavy atom. The van der Waals surface area contributed by atoms with Crippen molar-refractivity contribution in [3.05, 3.63) is 64.7 Å². The van der Waals surface area contributed by atoms with Gasteiger partial charge in [-0.3, -0.25) is 9.59 Å². The molecule has 0 radical (unpaired) electrons. The molecule has 1 aromatic heterocycles. The van der Waals surface area contributed by atoms with Crippen LogP contribution in [0.1, 0.15) is 59.4 Å². The fraction of sp³-hybridized carbons (Fsp3) is 0.381. The summed E-state index contributed by atoms with van der Waals surface area (Å²) in [6, 6.07) is 9.49. The highest BCUT2D eigenvalue weighted by molar-refractivity contribution is 6.30. The first-order valence-corrected chi connectivity index (χ1v) is 9.79. The molecule has 0 spiro atoms. The lowest BCUT2D eigenvalue weighted by atomic mass is 9.78. The summed E-state index contributed by atoms with van der Waals surface area (Å²) in [6.45, 7) is 0. The smallest absolute Gasteiger partial charge is 0.270 e. The van der Waals surface area contributed by atoms with Crippen molar-refractivity contribution in [2.75, 3.05) is 0 Å². The largest absolute Gasteiger partial charge is 0.347 e. The number of pyridine rings is 1. The Kier molecular flexibility index (Phi) is 4.83. The number of aromatic nitrogens is 1. The van der Waals surface area contributed by atoms with E-state index in [2.05, 4.69) is 15.6 Å². The Morgan fingerprint density at radius 3 is 2.36 bits per heavy atom. The molecule has 1 heterocycles. The first kappa shape index (κ1) is 18.9. The normalized spacial score (nSPS) is 25.9. The highest BCUT2D eigenvalue weighted by Crippen LogP contribution is 2.48. The number of carbonyl (C=O) groups is 2. The molecule has 2 unspecified atom stereocenters. The molecule has 146 valence electrons. The highest BCUT2D eigenvalue weighted by atomic mass is 35.5. The molecule has 2 aromatic rings. The van der Waals surface area contributed by atoms with Crippen molar-refractivity contribution in [1.29, 1.82) is 0 Å². The molecule has 2 aliphatic rings. The van der Waals surface area contributed by atoms with Gasteiger partial charge in [-0.15, -0.1) is 0 Å². The van der Waals surface area contributed by atoms with Gasteiger partial charge in [-0.05, 0) is 68.9 Å². The minimum atomic E-state index is -0.476. The minimum absolute atomic E-state index is 0.147. The second-order valence-electron chi connectivity index (χ2n) is 7.87. The molecule has 0 aliphatic heterocycles. The van der Waals surface area contributed by atoms with Crippen molar-refractivity contribution in [1.82, 2.24) is 15.6 Å². The van der Waals surface area contributed by atoms with E-state index in [9.17, 15) is 14.0 Å². The van der Waals surface area contributed by atoms with E-state index in [1.807, 2.05) is 0 Å². The maximum absolute atomic E-state index is 13.1. The molecule has 28 heavy (non-hydrogen) atoms. The molecule has 0 saturated heterocycles. The quantitative estimate of drug-likeness (QED) is 0.816. The van der Waals surface area contributed by atoms with Gasteiger partial charge >= 0.3 is 0 Å². The Balaban J connectivity index is 1.47. The summed E-state index contributed by atoms with van der Waals surface area (Å²) in [5, 5.41) is 6.83. The second-order valence-corrected chi connectivity index (χ2v) is 8.31. The van der Waals surface area contributed by atoms with Gasteiger partial charge in [-0.1, -0.05) is 17.7 Å². The van der Waals surface area contributed by atoms with Gasteiger partial charge in [0.2, 0.25) is 0 Å². The van der Waals surface area contributed by atoms with Gasteiger partial charge in [0.05, 0.1) is 6.20 Å². The van der Waals surface area contributed by atoms with Crippen molar-refractivity contribution < 1.29 is 14.0 Å². The van der Waals surface area contributed by atoms with Crippen molar-refractivity contribution >= 4 is 23.4 Å². The van der Waals surface area contributed by atoms with Gasteiger partial charge in [-0.25, -0.2) is 9.37 Å². The van der Waals surface area contributed by atoms with Gasteiger partial charge < -0.3 is 10.6 Å². The van der Waals surface area contributed by atoms with E-state index in [1.165, 1.54) is 12.1 Å². The summed E-state index contributed by atoms with van der Waals surface area (Å²) in [5.74, 6) is -0.929. The van der Waals surface area contributed by atoms with E-state index < -0.39 is 5.82 Å². The summed E-state index contributed by atoms with van der Waals surface area (Å²) >= 11 is 6.00. The summed E-state index contributed by atoms with van der Waals surface area (Å²) in [6.07, 6.45) is 5.95. The lowest BCUT2D eigenvalue weighted by Crippen LogP contribution is -2.55. The molecular formula is C21H21ClFN3O2. The van der Waals surface area contributed by atoms with E-state index in [0.29, 0.717) is 17.0 Å². The molecule has 2 amide bonds. The van der Waals surface area contributed by atoms with E-state index >= 15 is 0 Å². The van der Waals surface area contributed by atoms with E-state index in [1.54, 1.807) is 24.3 Å². The Hall–Kier alpha value is -2.47. The van der Waals surface area contributed by atoms with Crippen molar-refractivity contribution in [3.63, 3.8) is 0 Å². The van der Waals surface area contributed by atoms with Crippen LogP contribution in [0, 0.1) is 5.82 Å². The number of carbonyl (C=O) groups excluding carboxylic acids is 2. The fourth-order valence-electron chi connectivity index (χ4n) is 4.59. The summed E-state index contributed by atoms with van der Waals surface area (Å²) in [7, 11) is 0. The highest BCUT2D eigenvalue weighted by Gasteiger charge is 2.52. The zero-order chi connectivity index (χ0) is 19.8. The lowest BCUT2D eigenvalue weighted by molar-refractivity contribution is 0.0829. The number of nitrogens with one attached hydrogen (secondary N) is 2. The Bertz CT molecular complexity index is 920. The number of hydrogen-bond donors (Lipinski definition) is 2. The third-order valence-electron chi connectivity index (χ3n) is 5.87. The zero-order valence-electron chi connectivity index (χ0n) is 15.3. The molecule has 2 bridgehead atoms. The van der Waals surface area contributed by atoms with Crippen LogP contribution in [0.4, 0.5) is 4.39 Å². The van der Waals surface area contributed by atoms with Gasteiger partial charge in [-0.2, -0.15) is 0 Å². The molecule has 7 heteroatoms. The van der Waals surface area contributed by atoms with Crippen LogP contribution in [0.15, 0.2) is 42.6 Å². The maximum atomic E-state index is 13.1. The number of halogens is 2. The van der Waals surface area contributed by atoms with Gasteiger partial charge in [0.1, 0.15) is 11.5 Å². The zero-order valence-corrected chi connectivity index (χ0v) is 16.1. The number of benzene rings is 1. The van der Waals surface area contributed by atoms with Crippen LogP contribution in [-0.2, 0) is 0 Å². The monoisotopic (exact) mass is 401 g/mol. The van der Waals surface area contributed by atoms with Crippen molar-refractivity contribution in [2.45, 2.75) is 49.6 Å². The number of amides is 2.